The maximum absolute atomic E-state index is 12.7. The van der Waals surface area contributed by atoms with Crippen molar-refractivity contribution in [3.63, 3.8) is 0 Å². The second-order valence-corrected chi connectivity index (χ2v) is 8.91. The molecule has 140 valence electrons. The number of carbonyl (C=O) groups excluding carboxylic acids is 1. The normalized spacial score (nSPS) is 18.6. The van der Waals surface area contributed by atoms with E-state index < -0.39 is 16.1 Å². The molecule has 25 heavy (non-hydrogen) atoms. The molecule has 0 spiro atoms. The van der Waals surface area contributed by atoms with E-state index in [4.69, 9.17) is 0 Å². The molecular weight excluding hydrogens is 338 g/mol. The minimum absolute atomic E-state index is 0.117. The molecule has 1 aromatic rings. The van der Waals surface area contributed by atoms with Gasteiger partial charge in [0, 0.05) is 18.8 Å². The summed E-state index contributed by atoms with van der Waals surface area (Å²) in [6, 6.07) is 7.08. The highest BCUT2D eigenvalue weighted by Crippen LogP contribution is 2.24. The molecule has 1 heterocycles. The van der Waals surface area contributed by atoms with E-state index in [0.29, 0.717) is 25.1 Å². The number of unbranched alkanes of at least 4 members (excludes halogenated alkanes) is 1. The van der Waals surface area contributed by atoms with E-state index in [2.05, 4.69) is 10.2 Å². The first-order valence-electron chi connectivity index (χ1n) is 8.87. The van der Waals surface area contributed by atoms with E-state index >= 15 is 0 Å². The first-order chi connectivity index (χ1) is 11.8. The summed E-state index contributed by atoms with van der Waals surface area (Å²) in [5, 5.41) is 2.89. The lowest BCUT2D eigenvalue weighted by atomic mass is 10.1. The van der Waals surface area contributed by atoms with Crippen LogP contribution in [0.15, 0.2) is 24.3 Å². The first kappa shape index (κ1) is 19.9. The zero-order valence-electron chi connectivity index (χ0n) is 15.4. The zero-order chi connectivity index (χ0) is 18.4. The lowest BCUT2D eigenvalue weighted by Gasteiger charge is -2.23. The van der Waals surface area contributed by atoms with Crippen molar-refractivity contribution in [2.24, 2.45) is 0 Å². The molecule has 1 fully saturated rings. The quantitative estimate of drug-likeness (QED) is 0.765. The van der Waals surface area contributed by atoms with E-state index in [9.17, 15) is 13.2 Å². The minimum atomic E-state index is -3.37. The summed E-state index contributed by atoms with van der Waals surface area (Å²) in [6.07, 6.45) is 2.75. The van der Waals surface area contributed by atoms with E-state index in [-0.39, 0.29) is 11.7 Å². The summed E-state index contributed by atoms with van der Waals surface area (Å²) in [6.45, 7) is 3.18. The van der Waals surface area contributed by atoms with Crippen molar-refractivity contribution < 1.29 is 13.2 Å². The van der Waals surface area contributed by atoms with Crippen LogP contribution in [0.2, 0.25) is 0 Å². The second kappa shape index (κ2) is 8.78. The molecule has 1 N–H and O–H groups in total. The van der Waals surface area contributed by atoms with Gasteiger partial charge in [-0.15, -0.1) is 0 Å². The van der Waals surface area contributed by atoms with Crippen LogP contribution in [0.1, 0.15) is 38.2 Å². The predicted octanol–water partition coefficient (Wildman–Crippen LogP) is 2.28. The van der Waals surface area contributed by atoms with Crippen molar-refractivity contribution in [2.45, 2.75) is 45.2 Å². The average molecular weight is 368 g/mol. The SMILES string of the molecule is CCCCS(=O)(=O)N1CCCC1C(=O)Nc1cccc(CN(C)C)c1. The average Bonchev–Trinajstić information content (AvgIpc) is 3.03. The number of hydrogen-bond acceptors (Lipinski definition) is 4. The first-order valence-corrected chi connectivity index (χ1v) is 10.5. The highest BCUT2D eigenvalue weighted by molar-refractivity contribution is 7.89. The highest BCUT2D eigenvalue weighted by Gasteiger charge is 2.38. The molecule has 0 bridgehead atoms. The third-order valence-corrected chi connectivity index (χ3v) is 6.27. The monoisotopic (exact) mass is 367 g/mol. The molecule has 6 nitrogen and oxygen atoms in total. The van der Waals surface area contributed by atoms with Gasteiger partial charge in [-0.05, 0) is 51.1 Å². The Kier molecular flexibility index (Phi) is 6.98. The summed E-state index contributed by atoms with van der Waals surface area (Å²) in [5.74, 6) is -0.120. The van der Waals surface area contributed by atoms with E-state index in [1.165, 1.54) is 4.31 Å². The largest absolute Gasteiger partial charge is 0.325 e. The van der Waals surface area contributed by atoms with Gasteiger partial charge < -0.3 is 10.2 Å². The molecule has 0 radical (unpaired) electrons. The van der Waals surface area contributed by atoms with Gasteiger partial charge >= 0.3 is 0 Å². The Morgan fingerprint density at radius 2 is 2.12 bits per heavy atom. The number of nitrogens with zero attached hydrogens (tertiary/aromatic N) is 2. The maximum atomic E-state index is 12.7. The number of nitrogens with one attached hydrogen (secondary N) is 1. The zero-order valence-corrected chi connectivity index (χ0v) is 16.2. The number of benzene rings is 1. The topological polar surface area (TPSA) is 69.7 Å². The smallest absolute Gasteiger partial charge is 0.242 e. The van der Waals surface area contributed by atoms with Crippen molar-refractivity contribution in [3.05, 3.63) is 29.8 Å². The molecule has 0 saturated carbocycles. The van der Waals surface area contributed by atoms with Crippen molar-refractivity contribution in [1.82, 2.24) is 9.21 Å². The van der Waals surface area contributed by atoms with Crippen molar-refractivity contribution in [2.75, 3.05) is 31.7 Å². The van der Waals surface area contributed by atoms with Crippen LogP contribution < -0.4 is 5.32 Å². The van der Waals surface area contributed by atoms with Gasteiger partial charge in [-0.2, -0.15) is 4.31 Å². The van der Waals surface area contributed by atoms with E-state index in [0.717, 1.165) is 24.9 Å². The van der Waals surface area contributed by atoms with Gasteiger partial charge in [0.05, 0.1) is 5.75 Å². The molecular formula is C18H29N3O3S. The van der Waals surface area contributed by atoms with Crippen molar-refractivity contribution in [3.8, 4) is 0 Å². The van der Waals surface area contributed by atoms with Gasteiger partial charge in [0.15, 0.2) is 0 Å². The Balaban J connectivity index is 2.07. The van der Waals surface area contributed by atoms with Crippen LogP contribution in [0.4, 0.5) is 5.69 Å². The summed E-state index contributed by atoms with van der Waals surface area (Å²) >= 11 is 0. The molecule has 1 aliphatic heterocycles. The predicted molar refractivity (Wildman–Crippen MR) is 101 cm³/mol. The molecule has 1 amide bonds. The Morgan fingerprint density at radius 1 is 1.36 bits per heavy atom. The molecule has 1 aliphatic rings. The number of hydrogen-bond donors (Lipinski definition) is 1. The molecule has 1 atom stereocenters. The molecule has 1 saturated heterocycles. The molecule has 7 heteroatoms. The summed E-state index contributed by atoms with van der Waals surface area (Å²) in [7, 11) is 0.611. The summed E-state index contributed by atoms with van der Waals surface area (Å²) in [4.78, 5) is 14.7. The maximum Gasteiger partial charge on any atom is 0.242 e. The Morgan fingerprint density at radius 3 is 2.80 bits per heavy atom. The standard InChI is InChI=1S/C18H29N3O3S/c1-4-5-12-25(23,24)21-11-7-10-17(21)18(22)19-16-9-6-8-15(13-16)14-20(2)3/h6,8-9,13,17H,4-5,7,10-12,14H2,1-3H3,(H,19,22). The number of sulfonamides is 1. The van der Waals surface area contributed by atoms with E-state index in [1.54, 1.807) is 0 Å². The fourth-order valence-electron chi connectivity index (χ4n) is 3.12. The second-order valence-electron chi connectivity index (χ2n) is 6.87. The van der Waals surface area contributed by atoms with Crippen LogP contribution in [0, 0.1) is 0 Å². The summed E-state index contributed by atoms with van der Waals surface area (Å²) < 4.78 is 26.3. The van der Waals surface area contributed by atoms with Crippen LogP contribution in [0.5, 0.6) is 0 Å². The van der Waals surface area contributed by atoms with Gasteiger partial charge in [0.25, 0.3) is 0 Å². The fraction of sp³-hybridized carbons (Fsp3) is 0.611. The molecule has 0 aromatic heterocycles. The number of amides is 1. The molecule has 1 unspecified atom stereocenters. The Labute approximate surface area is 151 Å². The fourth-order valence-corrected chi connectivity index (χ4v) is 5.00. The van der Waals surface area contributed by atoms with Crippen LogP contribution >= 0.6 is 0 Å². The molecule has 0 aliphatic carbocycles. The summed E-state index contributed by atoms with van der Waals surface area (Å²) in [5.41, 5.74) is 1.81. The van der Waals surface area contributed by atoms with Gasteiger partial charge in [-0.3, -0.25) is 4.79 Å². The Bertz CT molecular complexity index is 689. The minimum Gasteiger partial charge on any atom is -0.325 e. The van der Waals surface area contributed by atoms with Crippen LogP contribution in [0.25, 0.3) is 0 Å². The van der Waals surface area contributed by atoms with Crippen molar-refractivity contribution in [1.29, 1.82) is 0 Å². The number of rotatable bonds is 8. The van der Waals surface area contributed by atoms with Crippen LogP contribution in [0.3, 0.4) is 0 Å². The third kappa shape index (κ3) is 5.52. The van der Waals surface area contributed by atoms with E-state index in [1.807, 2.05) is 45.3 Å². The molecule has 2 rings (SSSR count). The van der Waals surface area contributed by atoms with Gasteiger partial charge in [-0.25, -0.2) is 8.42 Å². The van der Waals surface area contributed by atoms with Crippen LogP contribution in [-0.4, -0.2) is 56.0 Å². The molecule has 1 aromatic carbocycles. The lowest BCUT2D eigenvalue weighted by molar-refractivity contribution is -0.119. The number of anilines is 1. The van der Waals surface area contributed by atoms with Gasteiger partial charge in [0.2, 0.25) is 15.9 Å². The van der Waals surface area contributed by atoms with Crippen molar-refractivity contribution >= 4 is 21.6 Å². The van der Waals surface area contributed by atoms with Gasteiger partial charge in [-0.1, -0.05) is 25.5 Å². The Hall–Kier alpha value is -1.44. The van der Waals surface area contributed by atoms with Gasteiger partial charge in [0.1, 0.15) is 6.04 Å². The van der Waals surface area contributed by atoms with Crippen LogP contribution in [-0.2, 0) is 21.4 Å². The lowest BCUT2D eigenvalue weighted by Crippen LogP contribution is -2.44. The highest BCUT2D eigenvalue weighted by atomic mass is 32.2. The third-order valence-electron chi connectivity index (χ3n) is 4.31. The number of carbonyl (C=O) groups is 1.